The first kappa shape index (κ1) is 21.1. The van der Waals surface area contributed by atoms with Crippen molar-refractivity contribution in [2.24, 2.45) is 0 Å². The third-order valence-electron chi connectivity index (χ3n) is 4.21. The van der Waals surface area contributed by atoms with Crippen molar-refractivity contribution >= 4 is 11.9 Å². The SMILES string of the molecule is CC(C)(C)OC(=O)NC1(c2ccc(F)cc2C(F)(F)F)CCCC(O)C1=O. The number of nitrogens with one attached hydrogen (secondary N) is 1. The molecule has 2 unspecified atom stereocenters. The van der Waals surface area contributed by atoms with E-state index in [0.29, 0.717) is 0 Å². The van der Waals surface area contributed by atoms with Crippen LogP contribution in [0.4, 0.5) is 22.4 Å². The van der Waals surface area contributed by atoms with Gasteiger partial charge in [0.1, 0.15) is 23.1 Å². The monoisotopic (exact) mass is 391 g/mol. The number of aliphatic hydroxyl groups excluding tert-OH is 1. The molecule has 2 N–H and O–H groups in total. The number of amides is 1. The van der Waals surface area contributed by atoms with Gasteiger partial charge in [-0.15, -0.1) is 0 Å². The van der Waals surface area contributed by atoms with Crippen molar-refractivity contribution in [2.75, 3.05) is 0 Å². The van der Waals surface area contributed by atoms with Crippen LogP contribution < -0.4 is 5.32 Å². The molecule has 0 spiro atoms. The molecular formula is C18H21F4NO4. The maximum absolute atomic E-state index is 13.5. The van der Waals surface area contributed by atoms with Crippen LogP contribution in [0, 0.1) is 5.82 Å². The van der Waals surface area contributed by atoms with Gasteiger partial charge in [0.2, 0.25) is 0 Å². The van der Waals surface area contributed by atoms with Gasteiger partial charge in [0.25, 0.3) is 0 Å². The van der Waals surface area contributed by atoms with Gasteiger partial charge >= 0.3 is 12.3 Å². The molecule has 2 atom stereocenters. The smallest absolute Gasteiger partial charge is 0.416 e. The van der Waals surface area contributed by atoms with Gasteiger partial charge < -0.3 is 15.2 Å². The number of ketones is 1. The summed E-state index contributed by atoms with van der Waals surface area (Å²) in [5.41, 5.74) is -5.14. The summed E-state index contributed by atoms with van der Waals surface area (Å²) in [5.74, 6) is -2.13. The zero-order chi connectivity index (χ0) is 20.6. The summed E-state index contributed by atoms with van der Waals surface area (Å²) in [6.07, 6.45) is -7.59. The highest BCUT2D eigenvalue weighted by Gasteiger charge is 2.51. The molecule has 0 aromatic heterocycles. The van der Waals surface area contributed by atoms with E-state index in [0.717, 1.165) is 12.1 Å². The van der Waals surface area contributed by atoms with Gasteiger partial charge in [-0.1, -0.05) is 6.07 Å². The molecule has 0 bridgehead atoms. The molecule has 9 heteroatoms. The van der Waals surface area contributed by atoms with E-state index in [1.165, 1.54) is 0 Å². The van der Waals surface area contributed by atoms with Crippen LogP contribution in [0.25, 0.3) is 0 Å². The lowest BCUT2D eigenvalue weighted by atomic mass is 9.72. The summed E-state index contributed by atoms with van der Waals surface area (Å²) in [5, 5.41) is 12.2. The van der Waals surface area contributed by atoms with Crippen LogP contribution in [0.5, 0.6) is 0 Å². The van der Waals surface area contributed by atoms with Crippen molar-refractivity contribution < 1.29 is 37.0 Å². The third kappa shape index (κ3) is 4.58. The van der Waals surface area contributed by atoms with Crippen LogP contribution >= 0.6 is 0 Å². The molecule has 0 aliphatic heterocycles. The summed E-state index contributed by atoms with van der Waals surface area (Å²) in [7, 11) is 0. The first-order valence-electron chi connectivity index (χ1n) is 8.37. The predicted molar refractivity (Wildman–Crippen MR) is 87.3 cm³/mol. The summed E-state index contributed by atoms with van der Waals surface area (Å²) < 4.78 is 59.1. The van der Waals surface area contributed by atoms with Crippen molar-refractivity contribution in [1.82, 2.24) is 5.32 Å². The van der Waals surface area contributed by atoms with Crippen molar-refractivity contribution in [3.05, 3.63) is 35.1 Å². The highest BCUT2D eigenvalue weighted by atomic mass is 19.4. The molecular weight excluding hydrogens is 370 g/mol. The Labute approximate surface area is 153 Å². The molecule has 27 heavy (non-hydrogen) atoms. The highest BCUT2D eigenvalue weighted by Crippen LogP contribution is 2.42. The Bertz CT molecular complexity index is 742. The van der Waals surface area contributed by atoms with Crippen molar-refractivity contribution in [3.63, 3.8) is 0 Å². The number of hydrogen-bond acceptors (Lipinski definition) is 4. The Morgan fingerprint density at radius 3 is 2.48 bits per heavy atom. The fourth-order valence-corrected chi connectivity index (χ4v) is 3.16. The number of rotatable bonds is 2. The molecule has 0 radical (unpaired) electrons. The molecule has 1 fully saturated rings. The lowest BCUT2D eigenvalue weighted by Crippen LogP contribution is -2.58. The van der Waals surface area contributed by atoms with Crippen LogP contribution in [-0.2, 0) is 21.2 Å². The predicted octanol–water partition coefficient (Wildman–Crippen LogP) is 3.68. The zero-order valence-electron chi connectivity index (χ0n) is 15.1. The van der Waals surface area contributed by atoms with Crippen molar-refractivity contribution in [3.8, 4) is 0 Å². The lowest BCUT2D eigenvalue weighted by Gasteiger charge is -2.40. The summed E-state index contributed by atoms with van der Waals surface area (Å²) in [6, 6.07) is 1.85. The molecule has 0 heterocycles. The normalized spacial score (nSPS) is 23.9. The number of benzene rings is 1. The summed E-state index contributed by atoms with van der Waals surface area (Å²) >= 11 is 0. The maximum atomic E-state index is 13.5. The number of carbonyl (C=O) groups excluding carboxylic acids is 2. The van der Waals surface area contributed by atoms with E-state index >= 15 is 0 Å². The number of alkyl halides is 3. The van der Waals surface area contributed by atoms with Gasteiger partial charge in [-0.3, -0.25) is 4.79 Å². The van der Waals surface area contributed by atoms with Gasteiger partial charge in [-0.2, -0.15) is 13.2 Å². The number of halogens is 4. The largest absolute Gasteiger partial charge is 0.444 e. The molecule has 150 valence electrons. The minimum Gasteiger partial charge on any atom is -0.444 e. The van der Waals surface area contributed by atoms with E-state index < -0.39 is 52.2 Å². The Kier molecular flexibility index (Phi) is 5.56. The van der Waals surface area contributed by atoms with Gasteiger partial charge in [0.15, 0.2) is 5.78 Å². The van der Waals surface area contributed by atoms with Crippen LogP contribution in [0.2, 0.25) is 0 Å². The number of Topliss-reactive ketones (excluding diaryl/α,β-unsaturated/α-hetero) is 1. The fourth-order valence-electron chi connectivity index (χ4n) is 3.16. The Morgan fingerprint density at radius 1 is 1.30 bits per heavy atom. The standard InChI is InChI=1S/C18H21F4NO4/c1-16(2,3)27-15(26)23-17(8-4-5-13(24)14(17)25)11-7-6-10(19)9-12(11)18(20,21)22/h6-7,9,13,24H,4-5,8H2,1-3H3,(H,23,26). The first-order chi connectivity index (χ1) is 12.3. The highest BCUT2D eigenvalue weighted by molar-refractivity contribution is 5.96. The molecule has 5 nitrogen and oxygen atoms in total. The van der Waals surface area contributed by atoms with Gasteiger partial charge in [0.05, 0.1) is 5.56 Å². The topological polar surface area (TPSA) is 75.6 Å². The molecule has 1 saturated carbocycles. The Morgan fingerprint density at radius 2 is 1.93 bits per heavy atom. The number of hydrogen-bond donors (Lipinski definition) is 2. The average Bonchev–Trinajstić information content (AvgIpc) is 2.49. The number of carbonyl (C=O) groups is 2. The Balaban J connectivity index is 2.62. The molecule has 0 saturated heterocycles. The average molecular weight is 391 g/mol. The van der Waals surface area contributed by atoms with Gasteiger partial charge in [-0.25, -0.2) is 9.18 Å². The molecule has 1 aromatic rings. The van der Waals surface area contributed by atoms with E-state index in [1.54, 1.807) is 20.8 Å². The van der Waals surface area contributed by atoms with E-state index in [4.69, 9.17) is 4.74 Å². The van der Waals surface area contributed by atoms with Crippen molar-refractivity contribution in [1.29, 1.82) is 0 Å². The van der Waals surface area contributed by atoms with Crippen LogP contribution in [0.15, 0.2) is 18.2 Å². The number of ether oxygens (including phenoxy) is 1. The minimum atomic E-state index is -4.97. The lowest BCUT2D eigenvalue weighted by molar-refractivity contribution is -0.143. The second-order valence-corrected chi connectivity index (χ2v) is 7.49. The van der Waals surface area contributed by atoms with Crippen LogP contribution in [-0.4, -0.2) is 28.7 Å². The molecule has 2 rings (SSSR count). The van der Waals surface area contributed by atoms with E-state index in [9.17, 15) is 32.3 Å². The summed E-state index contributed by atoms with van der Waals surface area (Å²) in [4.78, 5) is 25.0. The quantitative estimate of drug-likeness (QED) is 0.755. The summed E-state index contributed by atoms with van der Waals surface area (Å²) in [6.45, 7) is 4.65. The minimum absolute atomic E-state index is 0.0547. The first-order valence-corrected chi connectivity index (χ1v) is 8.37. The Hall–Kier alpha value is -2.16. The zero-order valence-corrected chi connectivity index (χ0v) is 15.1. The van der Waals surface area contributed by atoms with Gasteiger partial charge in [-0.05, 0) is 57.7 Å². The van der Waals surface area contributed by atoms with E-state index in [-0.39, 0.29) is 25.3 Å². The van der Waals surface area contributed by atoms with Gasteiger partial charge in [0, 0.05) is 0 Å². The second-order valence-electron chi connectivity index (χ2n) is 7.49. The third-order valence-corrected chi connectivity index (χ3v) is 4.21. The molecule has 1 aromatic carbocycles. The van der Waals surface area contributed by atoms with E-state index in [2.05, 4.69) is 5.32 Å². The molecule has 1 amide bonds. The number of aliphatic hydroxyl groups is 1. The van der Waals surface area contributed by atoms with Crippen LogP contribution in [0.1, 0.15) is 51.2 Å². The van der Waals surface area contributed by atoms with Crippen molar-refractivity contribution in [2.45, 2.75) is 63.5 Å². The van der Waals surface area contributed by atoms with Crippen LogP contribution in [0.3, 0.4) is 0 Å². The number of alkyl carbamates (subject to hydrolysis) is 1. The molecule has 1 aliphatic carbocycles. The second kappa shape index (κ2) is 7.10. The fraction of sp³-hybridized carbons (Fsp3) is 0.556. The van der Waals surface area contributed by atoms with E-state index in [1.807, 2.05) is 0 Å². The molecule has 1 aliphatic rings. The maximum Gasteiger partial charge on any atom is 0.416 e.